The van der Waals surface area contributed by atoms with Crippen LogP contribution in [0.2, 0.25) is 5.15 Å². The maximum atomic E-state index is 6.31. The molecule has 18 heavy (non-hydrogen) atoms. The van der Waals surface area contributed by atoms with Crippen LogP contribution < -0.4 is 0 Å². The molecule has 4 heteroatoms. The summed E-state index contributed by atoms with van der Waals surface area (Å²) in [7, 11) is 1.90. The first-order chi connectivity index (χ1) is 8.31. The highest BCUT2D eigenvalue weighted by molar-refractivity contribution is 6.30. The Kier molecular flexibility index (Phi) is 5.67. The van der Waals surface area contributed by atoms with Gasteiger partial charge in [-0.1, -0.05) is 39.3 Å². The maximum absolute atomic E-state index is 6.31. The summed E-state index contributed by atoms with van der Waals surface area (Å²) in [4.78, 5) is 2.48. The van der Waals surface area contributed by atoms with E-state index in [2.05, 4.69) is 37.7 Å². The second-order valence-electron chi connectivity index (χ2n) is 5.96. The molecule has 1 rings (SSSR count). The Hall–Kier alpha value is -0.540. The van der Waals surface area contributed by atoms with Crippen molar-refractivity contribution in [1.82, 2.24) is 14.7 Å². The van der Waals surface area contributed by atoms with E-state index in [4.69, 9.17) is 11.6 Å². The maximum Gasteiger partial charge on any atom is 0.131 e. The molecule has 104 valence electrons. The predicted molar refractivity (Wildman–Crippen MR) is 77.9 cm³/mol. The molecule has 0 atom stereocenters. The van der Waals surface area contributed by atoms with Crippen LogP contribution in [0.25, 0.3) is 0 Å². The van der Waals surface area contributed by atoms with Gasteiger partial charge in [-0.2, -0.15) is 5.10 Å². The molecule has 0 fully saturated rings. The summed E-state index contributed by atoms with van der Waals surface area (Å²) < 4.78 is 1.76. The van der Waals surface area contributed by atoms with Gasteiger partial charge in [0.15, 0.2) is 0 Å². The summed E-state index contributed by atoms with van der Waals surface area (Å²) in [6.07, 6.45) is 0. The van der Waals surface area contributed by atoms with E-state index >= 15 is 0 Å². The monoisotopic (exact) mass is 271 g/mol. The van der Waals surface area contributed by atoms with Crippen molar-refractivity contribution < 1.29 is 0 Å². The molecule has 1 aromatic rings. The molecule has 0 saturated heterocycles. The fourth-order valence-corrected chi connectivity index (χ4v) is 2.55. The lowest BCUT2D eigenvalue weighted by molar-refractivity contribution is 0.211. The van der Waals surface area contributed by atoms with Crippen LogP contribution in [0.4, 0.5) is 0 Å². The topological polar surface area (TPSA) is 21.1 Å². The van der Waals surface area contributed by atoms with Gasteiger partial charge in [0.25, 0.3) is 0 Å². The fourth-order valence-electron chi connectivity index (χ4n) is 2.31. The molecule has 0 saturated carbocycles. The van der Waals surface area contributed by atoms with Crippen molar-refractivity contribution in [2.45, 2.75) is 41.2 Å². The van der Waals surface area contributed by atoms with Gasteiger partial charge in [-0.15, -0.1) is 0 Å². The van der Waals surface area contributed by atoms with Gasteiger partial charge in [0.2, 0.25) is 0 Å². The van der Waals surface area contributed by atoms with Crippen LogP contribution in [0.3, 0.4) is 0 Å². The highest BCUT2D eigenvalue weighted by Crippen LogP contribution is 2.21. The van der Waals surface area contributed by atoms with E-state index in [0.717, 1.165) is 30.5 Å². The fraction of sp³-hybridized carbons (Fsp3) is 0.786. The molecule has 0 spiro atoms. The number of aryl methyl sites for hydroxylation is 2. The van der Waals surface area contributed by atoms with Crippen LogP contribution in [0.1, 0.15) is 39.0 Å². The van der Waals surface area contributed by atoms with Gasteiger partial charge >= 0.3 is 0 Å². The number of halogens is 1. The molecule has 0 bridgehead atoms. The van der Waals surface area contributed by atoms with E-state index in [1.54, 1.807) is 4.68 Å². The Balaban J connectivity index is 2.81. The molecule has 0 unspecified atom stereocenters. The van der Waals surface area contributed by atoms with Crippen molar-refractivity contribution in [2.24, 2.45) is 18.9 Å². The lowest BCUT2D eigenvalue weighted by atomic mass is 10.1. The zero-order chi connectivity index (χ0) is 13.9. The van der Waals surface area contributed by atoms with Crippen LogP contribution in [0, 0.1) is 18.8 Å². The van der Waals surface area contributed by atoms with Crippen LogP contribution >= 0.6 is 11.6 Å². The van der Waals surface area contributed by atoms with E-state index < -0.39 is 0 Å². The van der Waals surface area contributed by atoms with Gasteiger partial charge in [-0.25, -0.2) is 0 Å². The van der Waals surface area contributed by atoms with Crippen LogP contribution in [-0.2, 0) is 13.6 Å². The summed E-state index contributed by atoms with van der Waals surface area (Å²) in [5, 5.41) is 5.15. The molecule has 0 aliphatic heterocycles. The lowest BCUT2D eigenvalue weighted by Crippen LogP contribution is -2.31. The Labute approximate surface area is 116 Å². The summed E-state index contributed by atoms with van der Waals surface area (Å²) in [5.74, 6) is 1.33. The Morgan fingerprint density at radius 2 is 1.67 bits per heavy atom. The second kappa shape index (κ2) is 6.58. The normalized spacial score (nSPS) is 12.1. The van der Waals surface area contributed by atoms with Gasteiger partial charge in [0.05, 0.1) is 5.69 Å². The summed E-state index contributed by atoms with van der Waals surface area (Å²) in [6, 6.07) is 0. The highest BCUT2D eigenvalue weighted by atomic mass is 35.5. The number of nitrogens with zero attached hydrogens (tertiary/aromatic N) is 3. The third kappa shape index (κ3) is 4.29. The summed E-state index contributed by atoms with van der Waals surface area (Å²) in [5.41, 5.74) is 2.21. The molecule has 3 nitrogen and oxygen atoms in total. The Bertz CT molecular complexity index is 373. The molecule has 0 aliphatic rings. The molecular formula is C14H26ClN3. The molecule has 1 aromatic heterocycles. The van der Waals surface area contributed by atoms with Gasteiger partial charge in [-0.3, -0.25) is 9.58 Å². The Morgan fingerprint density at radius 3 is 2.00 bits per heavy atom. The highest BCUT2D eigenvalue weighted by Gasteiger charge is 2.16. The van der Waals surface area contributed by atoms with Crippen molar-refractivity contribution in [3.05, 3.63) is 16.4 Å². The first-order valence-corrected chi connectivity index (χ1v) is 7.09. The van der Waals surface area contributed by atoms with E-state index in [1.165, 1.54) is 5.56 Å². The predicted octanol–water partition coefficient (Wildman–Crippen LogP) is 3.50. The number of hydrogen-bond acceptors (Lipinski definition) is 2. The Morgan fingerprint density at radius 1 is 1.17 bits per heavy atom. The minimum Gasteiger partial charge on any atom is -0.298 e. The van der Waals surface area contributed by atoms with Crippen LogP contribution in [0.5, 0.6) is 0 Å². The van der Waals surface area contributed by atoms with E-state index in [1.807, 2.05) is 14.0 Å². The minimum absolute atomic E-state index is 0.666. The SMILES string of the molecule is Cc1nn(C)c(Cl)c1CN(CC(C)C)CC(C)C. The smallest absolute Gasteiger partial charge is 0.131 e. The van der Waals surface area contributed by atoms with Crippen LogP contribution in [-0.4, -0.2) is 27.8 Å². The molecule has 0 aliphatic carbocycles. The third-order valence-electron chi connectivity index (χ3n) is 2.90. The van der Waals surface area contributed by atoms with Crippen molar-refractivity contribution >= 4 is 11.6 Å². The summed E-state index contributed by atoms with van der Waals surface area (Å²) in [6.45, 7) is 14.1. The van der Waals surface area contributed by atoms with Crippen molar-refractivity contribution in [2.75, 3.05) is 13.1 Å². The second-order valence-corrected chi connectivity index (χ2v) is 6.32. The first kappa shape index (κ1) is 15.5. The van der Waals surface area contributed by atoms with Crippen molar-refractivity contribution in [3.63, 3.8) is 0 Å². The number of rotatable bonds is 6. The van der Waals surface area contributed by atoms with E-state index in [0.29, 0.717) is 11.8 Å². The molecule has 0 amide bonds. The number of aromatic nitrogens is 2. The lowest BCUT2D eigenvalue weighted by Gasteiger charge is -2.26. The van der Waals surface area contributed by atoms with E-state index in [-0.39, 0.29) is 0 Å². The van der Waals surface area contributed by atoms with Gasteiger partial charge in [0.1, 0.15) is 5.15 Å². The molecular weight excluding hydrogens is 246 g/mol. The van der Waals surface area contributed by atoms with Gasteiger partial charge in [-0.05, 0) is 18.8 Å². The number of hydrogen-bond donors (Lipinski definition) is 0. The average Bonchev–Trinajstić information content (AvgIpc) is 2.43. The van der Waals surface area contributed by atoms with Gasteiger partial charge in [0, 0.05) is 32.2 Å². The quantitative estimate of drug-likeness (QED) is 0.790. The third-order valence-corrected chi connectivity index (χ3v) is 3.37. The summed E-state index contributed by atoms with van der Waals surface area (Å²) >= 11 is 6.31. The van der Waals surface area contributed by atoms with Crippen molar-refractivity contribution in [3.8, 4) is 0 Å². The molecule has 0 aromatic carbocycles. The standard InChI is InChI=1S/C14H26ClN3/c1-10(2)7-18(8-11(3)4)9-13-12(5)16-17(6)14(13)15/h10-11H,7-9H2,1-6H3. The van der Waals surface area contributed by atoms with E-state index in [9.17, 15) is 0 Å². The zero-order valence-electron chi connectivity index (χ0n) is 12.5. The van der Waals surface area contributed by atoms with Crippen LogP contribution in [0.15, 0.2) is 0 Å². The zero-order valence-corrected chi connectivity index (χ0v) is 13.3. The molecule has 0 N–H and O–H groups in total. The average molecular weight is 272 g/mol. The van der Waals surface area contributed by atoms with Crippen molar-refractivity contribution in [1.29, 1.82) is 0 Å². The largest absolute Gasteiger partial charge is 0.298 e. The van der Waals surface area contributed by atoms with Gasteiger partial charge < -0.3 is 0 Å². The molecule has 1 heterocycles. The molecule has 0 radical (unpaired) electrons. The minimum atomic E-state index is 0.666. The first-order valence-electron chi connectivity index (χ1n) is 6.71.